The van der Waals surface area contributed by atoms with Crippen molar-refractivity contribution in [2.45, 2.75) is 25.1 Å². The Hall–Kier alpha value is -1.66. The maximum Gasteiger partial charge on any atom is 0.335 e. The molecule has 0 amide bonds. The highest BCUT2D eigenvalue weighted by molar-refractivity contribution is 6.66. The van der Waals surface area contributed by atoms with Gasteiger partial charge in [-0.2, -0.15) is 0 Å². The van der Waals surface area contributed by atoms with Crippen LogP contribution in [0.3, 0.4) is 0 Å². The van der Waals surface area contributed by atoms with Crippen molar-refractivity contribution in [2.75, 3.05) is 31.8 Å². The molecule has 0 bridgehead atoms. The quantitative estimate of drug-likeness (QED) is 0.745. The summed E-state index contributed by atoms with van der Waals surface area (Å²) in [5, 5.41) is 0. The van der Waals surface area contributed by atoms with Crippen LogP contribution in [0.2, 0.25) is 12.6 Å². The van der Waals surface area contributed by atoms with Gasteiger partial charge in [-0.05, 0) is 43.3 Å². The van der Waals surface area contributed by atoms with Crippen LogP contribution in [0.15, 0.2) is 60.7 Å². The van der Waals surface area contributed by atoms with E-state index < -0.39 is 8.56 Å². The maximum absolute atomic E-state index is 6.45. The van der Waals surface area contributed by atoms with Gasteiger partial charge in [0.05, 0.1) is 19.3 Å². The first-order chi connectivity index (χ1) is 12.2. The molecule has 4 nitrogen and oxygen atoms in total. The van der Waals surface area contributed by atoms with Crippen molar-refractivity contribution in [3.8, 4) is 0 Å². The Labute approximate surface area is 151 Å². The standard InChI is InChI=1S/C20H27NO3Si/c1-22-25(2)15-9-14-23-17-20(24-25)16-21(18-10-5-3-6-11-18)19-12-7-4-8-13-19/h3-8,10-13,20H,9,14-17H2,1-2H3. The number of rotatable bonds is 5. The zero-order chi connectivity index (χ0) is 17.5. The van der Waals surface area contributed by atoms with Crippen LogP contribution in [0.1, 0.15) is 6.42 Å². The molecule has 0 aliphatic carbocycles. The Balaban J connectivity index is 1.84. The van der Waals surface area contributed by atoms with Gasteiger partial charge < -0.3 is 18.5 Å². The lowest BCUT2D eigenvalue weighted by Gasteiger charge is -2.36. The lowest BCUT2D eigenvalue weighted by atomic mass is 10.2. The number of nitrogens with zero attached hydrogens (tertiary/aromatic N) is 1. The van der Waals surface area contributed by atoms with Crippen LogP contribution in [0.5, 0.6) is 0 Å². The van der Waals surface area contributed by atoms with Gasteiger partial charge in [-0.1, -0.05) is 36.4 Å². The summed E-state index contributed by atoms with van der Waals surface area (Å²) in [6.45, 7) is 4.27. The van der Waals surface area contributed by atoms with Gasteiger partial charge in [-0.15, -0.1) is 0 Å². The number of anilines is 2. The van der Waals surface area contributed by atoms with Crippen LogP contribution >= 0.6 is 0 Å². The fraction of sp³-hybridized carbons (Fsp3) is 0.400. The lowest BCUT2D eigenvalue weighted by molar-refractivity contribution is 0.0218. The molecule has 5 heteroatoms. The summed E-state index contributed by atoms with van der Waals surface area (Å²) in [4.78, 5) is 2.29. The van der Waals surface area contributed by atoms with Crippen molar-refractivity contribution in [2.24, 2.45) is 0 Å². The van der Waals surface area contributed by atoms with E-state index in [-0.39, 0.29) is 6.10 Å². The minimum Gasteiger partial charge on any atom is -0.398 e. The minimum atomic E-state index is -2.13. The summed E-state index contributed by atoms with van der Waals surface area (Å²) in [5.74, 6) is 0. The van der Waals surface area contributed by atoms with Crippen molar-refractivity contribution < 1.29 is 13.6 Å². The zero-order valence-corrected chi connectivity index (χ0v) is 16.1. The molecular formula is C20H27NO3Si. The fourth-order valence-electron chi connectivity index (χ4n) is 3.18. The molecule has 0 spiro atoms. The number of para-hydroxylation sites is 2. The van der Waals surface area contributed by atoms with Crippen molar-refractivity contribution in [1.82, 2.24) is 0 Å². The average Bonchev–Trinajstić information content (AvgIpc) is 2.65. The van der Waals surface area contributed by atoms with E-state index in [1.807, 2.05) is 12.1 Å². The molecule has 1 aliphatic rings. The molecule has 0 radical (unpaired) electrons. The van der Waals surface area contributed by atoms with E-state index in [4.69, 9.17) is 13.6 Å². The van der Waals surface area contributed by atoms with E-state index in [1.54, 1.807) is 7.11 Å². The van der Waals surface area contributed by atoms with Crippen molar-refractivity contribution in [1.29, 1.82) is 0 Å². The maximum atomic E-state index is 6.45. The second kappa shape index (κ2) is 8.63. The summed E-state index contributed by atoms with van der Waals surface area (Å²) in [6, 6.07) is 21.8. The Kier molecular flexibility index (Phi) is 6.26. The molecule has 134 valence electrons. The molecule has 2 unspecified atom stereocenters. The SMILES string of the molecule is CO[Si]1(C)CCCOCC(CN(c2ccccc2)c2ccccc2)O1. The topological polar surface area (TPSA) is 30.9 Å². The molecule has 3 rings (SSSR count). The Morgan fingerprint density at radius 3 is 2.20 bits per heavy atom. The summed E-state index contributed by atoms with van der Waals surface area (Å²) in [7, 11) is -0.356. The first-order valence-corrected chi connectivity index (χ1v) is 11.4. The fourth-order valence-corrected chi connectivity index (χ4v) is 5.23. The highest BCUT2D eigenvalue weighted by atomic mass is 28.4. The third-order valence-corrected chi connectivity index (χ3v) is 7.55. The van der Waals surface area contributed by atoms with Gasteiger partial charge in [-0.3, -0.25) is 0 Å². The largest absolute Gasteiger partial charge is 0.398 e. The van der Waals surface area contributed by atoms with Crippen LogP contribution in [0, 0.1) is 0 Å². The van der Waals surface area contributed by atoms with E-state index >= 15 is 0 Å². The molecule has 0 N–H and O–H groups in total. The highest BCUT2D eigenvalue weighted by Crippen LogP contribution is 2.27. The van der Waals surface area contributed by atoms with E-state index in [0.717, 1.165) is 37.0 Å². The van der Waals surface area contributed by atoms with E-state index in [9.17, 15) is 0 Å². The lowest BCUT2D eigenvalue weighted by Crippen LogP contribution is -2.47. The summed E-state index contributed by atoms with van der Waals surface area (Å²) in [5.41, 5.74) is 2.31. The minimum absolute atomic E-state index is 0.0164. The second-order valence-corrected chi connectivity index (χ2v) is 9.95. The van der Waals surface area contributed by atoms with Crippen molar-refractivity contribution in [3.63, 3.8) is 0 Å². The summed E-state index contributed by atoms with van der Waals surface area (Å²) in [6.07, 6.45) is 0.988. The van der Waals surface area contributed by atoms with Crippen LogP contribution in [-0.4, -0.2) is 41.5 Å². The first-order valence-electron chi connectivity index (χ1n) is 8.88. The molecule has 2 atom stereocenters. The van der Waals surface area contributed by atoms with Gasteiger partial charge in [0.15, 0.2) is 0 Å². The van der Waals surface area contributed by atoms with Gasteiger partial charge in [0.25, 0.3) is 0 Å². The molecule has 2 aromatic rings. The predicted octanol–water partition coefficient (Wildman–Crippen LogP) is 4.35. The normalized spacial score (nSPS) is 24.3. The Morgan fingerprint density at radius 2 is 1.64 bits per heavy atom. The third-order valence-electron chi connectivity index (χ3n) is 4.59. The molecular weight excluding hydrogens is 330 g/mol. The first kappa shape index (κ1) is 18.1. The molecule has 1 heterocycles. The van der Waals surface area contributed by atoms with Gasteiger partial charge in [0, 0.05) is 25.1 Å². The summed E-state index contributed by atoms with van der Waals surface area (Å²) >= 11 is 0. The van der Waals surface area contributed by atoms with E-state index in [1.165, 1.54) is 0 Å². The second-order valence-electron chi connectivity index (χ2n) is 6.54. The molecule has 0 saturated carbocycles. The Bertz CT molecular complexity index is 600. The monoisotopic (exact) mass is 357 g/mol. The number of benzene rings is 2. The van der Waals surface area contributed by atoms with Crippen LogP contribution in [-0.2, 0) is 13.6 Å². The molecule has 25 heavy (non-hydrogen) atoms. The van der Waals surface area contributed by atoms with Gasteiger partial charge in [0.2, 0.25) is 0 Å². The molecule has 1 saturated heterocycles. The predicted molar refractivity (Wildman–Crippen MR) is 104 cm³/mol. The summed E-state index contributed by atoms with van der Waals surface area (Å²) < 4.78 is 18.0. The zero-order valence-electron chi connectivity index (χ0n) is 15.1. The van der Waals surface area contributed by atoms with Gasteiger partial charge in [0.1, 0.15) is 0 Å². The van der Waals surface area contributed by atoms with Crippen LogP contribution < -0.4 is 4.90 Å². The van der Waals surface area contributed by atoms with Crippen molar-refractivity contribution >= 4 is 19.9 Å². The highest BCUT2D eigenvalue weighted by Gasteiger charge is 2.35. The van der Waals surface area contributed by atoms with Gasteiger partial charge in [-0.25, -0.2) is 0 Å². The molecule has 1 aliphatic heterocycles. The van der Waals surface area contributed by atoms with Gasteiger partial charge >= 0.3 is 8.56 Å². The molecule has 2 aromatic carbocycles. The van der Waals surface area contributed by atoms with E-state index in [2.05, 4.69) is 60.0 Å². The van der Waals surface area contributed by atoms with Crippen LogP contribution in [0.25, 0.3) is 0 Å². The average molecular weight is 358 g/mol. The van der Waals surface area contributed by atoms with Crippen molar-refractivity contribution in [3.05, 3.63) is 60.7 Å². The smallest absolute Gasteiger partial charge is 0.335 e. The number of hydrogen-bond acceptors (Lipinski definition) is 4. The van der Waals surface area contributed by atoms with Crippen LogP contribution in [0.4, 0.5) is 11.4 Å². The molecule has 0 aromatic heterocycles. The number of ether oxygens (including phenoxy) is 1. The molecule has 1 fully saturated rings. The third kappa shape index (κ3) is 4.92. The van der Waals surface area contributed by atoms with E-state index in [0.29, 0.717) is 6.61 Å². The number of hydrogen-bond donors (Lipinski definition) is 0. The Morgan fingerprint density at radius 1 is 1.04 bits per heavy atom.